The fourth-order valence-corrected chi connectivity index (χ4v) is 2.70. The lowest BCUT2D eigenvalue weighted by atomic mass is 10.1. The minimum absolute atomic E-state index is 0.0350. The van der Waals surface area contributed by atoms with Gasteiger partial charge in [-0.15, -0.1) is 0 Å². The topological polar surface area (TPSA) is 71.5 Å². The summed E-state index contributed by atoms with van der Waals surface area (Å²) in [6.07, 6.45) is 1.06. The molecule has 20 heavy (non-hydrogen) atoms. The molecule has 1 aromatic carbocycles. The molecule has 0 fully saturated rings. The minimum Gasteiger partial charge on any atom is -0.302 e. The van der Waals surface area contributed by atoms with Crippen LogP contribution in [0.5, 0.6) is 0 Å². The van der Waals surface area contributed by atoms with E-state index in [4.69, 9.17) is 0 Å². The van der Waals surface area contributed by atoms with Gasteiger partial charge in [-0.25, -0.2) is 17.2 Å². The predicted molar refractivity (Wildman–Crippen MR) is 67.4 cm³/mol. The van der Waals surface area contributed by atoms with Crippen LogP contribution in [-0.2, 0) is 14.6 Å². The largest absolute Gasteiger partial charge is 0.302 e. The molecule has 8 heteroatoms. The van der Waals surface area contributed by atoms with Crippen molar-refractivity contribution in [2.45, 2.75) is 6.42 Å². The van der Waals surface area contributed by atoms with Crippen molar-refractivity contribution in [1.29, 1.82) is 0 Å². The van der Waals surface area contributed by atoms with Crippen LogP contribution < -0.4 is 4.90 Å². The van der Waals surface area contributed by atoms with E-state index in [0.717, 1.165) is 23.3 Å². The lowest BCUT2D eigenvalue weighted by molar-refractivity contribution is -0.114. The number of carbonyl (C=O) groups is 2. The van der Waals surface area contributed by atoms with Gasteiger partial charge >= 0.3 is 0 Å². The van der Waals surface area contributed by atoms with Gasteiger partial charge in [-0.2, -0.15) is 0 Å². The average molecular weight is 303 g/mol. The van der Waals surface area contributed by atoms with E-state index >= 15 is 0 Å². The summed E-state index contributed by atoms with van der Waals surface area (Å²) in [5.74, 6) is -4.23. The molecule has 1 aromatic rings. The van der Waals surface area contributed by atoms with Crippen molar-refractivity contribution >= 4 is 27.2 Å². The van der Waals surface area contributed by atoms with Crippen molar-refractivity contribution in [3.63, 3.8) is 0 Å². The molecule has 0 unspecified atom stereocenters. The highest BCUT2D eigenvalue weighted by Gasteiger charge is 2.40. The van der Waals surface area contributed by atoms with E-state index in [1.54, 1.807) is 0 Å². The van der Waals surface area contributed by atoms with Crippen LogP contribution in [0.3, 0.4) is 0 Å². The number of carbonyl (C=O) groups excluding carboxylic acids is 2. The van der Waals surface area contributed by atoms with Crippen LogP contribution in [-0.4, -0.2) is 38.7 Å². The molecule has 1 amide bonds. The van der Waals surface area contributed by atoms with Crippen LogP contribution in [0, 0.1) is 11.6 Å². The van der Waals surface area contributed by atoms with Crippen molar-refractivity contribution < 1.29 is 26.8 Å². The second kappa shape index (κ2) is 4.93. The molecule has 0 aromatic heterocycles. The van der Waals surface area contributed by atoms with Gasteiger partial charge in [-0.05, 0) is 18.6 Å². The molecule has 0 spiro atoms. The number of ketones is 1. The molecule has 0 atom stereocenters. The standard InChI is InChI=1S/C12H11F2NO4S/c1-20(18,19)6-2-5-15-10-8(14)4-3-7(13)9(10)11(16)12(15)17/h3-4H,2,5-6H2,1H3. The van der Waals surface area contributed by atoms with Gasteiger partial charge in [0.1, 0.15) is 21.5 Å². The van der Waals surface area contributed by atoms with Gasteiger partial charge in [-0.1, -0.05) is 0 Å². The second-order valence-electron chi connectivity index (χ2n) is 4.52. The van der Waals surface area contributed by atoms with Gasteiger partial charge in [0.2, 0.25) is 0 Å². The zero-order valence-electron chi connectivity index (χ0n) is 10.5. The Kier molecular flexibility index (Phi) is 3.59. The van der Waals surface area contributed by atoms with Crippen LogP contribution in [0.25, 0.3) is 0 Å². The maximum Gasteiger partial charge on any atom is 0.299 e. The second-order valence-corrected chi connectivity index (χ2v) is 6.78. The average Bonchev–Trinajstić information content (AvgIpc) is 2.58. The Morgan fingerprint density at radius 2 is 1.75 bits per heavy atom. The molecule has 2 rings (SSSR count). The number of hydrogen-bond donors (Lipinski definition) is 0. The van der Waals surface area contributed by atoms with Gasteiger partial charge in [0, 0.05) is 12.8 Å². The molecule has 0 radical (unpaired) electrons. The highest BCUT2D eigenvalue weighted by atomic mass is 32.2. The third-order valence-corrected chi connectivity index (χ3v) is 3.94. The first kappa shape index (κ1) is 14.6. The van der Waals surface area contributed by atoms with Gasteiger partial charge in [0.25, 0.3) is 11.7 Å². The van der Waals surface area contributed by atoms with Crippen LogP contribution >= 0.6 is 0 Å². The highest BCUT2D eigenvalue weighted by molar-refractivity contribution is 7.90. The normalized spacial score (nSPS) is 14.8. The minimum atomic E-state index is -3.23. The monoisotopic (exact) mass is 303 g/mol. The summed E-state index contributed by atoms with van der Waals surface area (Å²) in [6, 6.07) is 1.60. The number of fused-ring (bicyclic) bond motifs is 1. The number of nitrogens with zero attached hydrogens (tertiary/aromatic N) is 1. The smallest absolute Gasteiger partial charge is 0.299 e. The summed E-state index contributed by atoms with van der Waals surface area (Å²) in [4.78, 5) is 24.1. The van der Waals surface area contributed by atoms with Gasteiger partial charge in [0.15, 0.2) is 0 Å². The van der Waals surface area contributed by atoms with Crippen molar-refractivity contribution in [3.05, 3.63) is 29.3 Å². The Morgan fingerprint density at radius 3 is 2.35 bits per heavy atom. The van der Waals surface area contributed by atoms with Gasteiger partial charge in [-0.3, -0.25) is 9.59 Å². The third-order valence-electron chi connectivity index (χ3n) is 2.91. The Bertz CT molecular complexity index is 700. The fraction of sp³-hybridized carbons (Fsp3) is 0.333. The zero-order valence-corrected chi connectivity index (χ0v) is 11.3. The molecule has 0 bridgehead atoms. The summed E-state index contributed by atoms with van der Waals surface area (Å²) >= 11 is 0. The Balaban J connectivity index is 2.31. The summed E-state index contributed by atoms with van der Waals surface area (Å²) in [6.45, 7) is -0.162. The molecule has 0 saturated heterocycles. The Morgan fingerprint density at radius 1 is 1.15 bits per heavy atom. The molecule has 1 aliphatic heterocycles. The summed E-state index contributed by atoms with van der Waals surface area (Å²) in [5.41, 5.74) is -0.997. The number of halogens is 2. The summed E-state index contributed by atoms with van der Waals surface area (Å²) < 4.78 is 49.2. The van der Waals surface area contributed by atoms with Crippen molar-refractivity contribution in [3.8, 4) is 0 Å². The van der Waals surface area contributed by atoms with E-state index in [0.29, 0.717) is 0 Å². The quantitative estimate of drug-likeness (QED) is 0.776. The first-order valence-electron chi connectivity index (χ1n) is 5.74. The molecule has 108 valence electrons. The maximum atomic E-state index is 13.7. The van der Waals surface area contributed by atoms with E-state index in [9.17, 15) is 26.8 Å². The first-order chi connectivity index (χ1) is 9.22. The molecular weight excluding hydrogens is 292 g/mol. The van der Waals surface area contributed by atoms with Crippen molar-refractivity contribution in [2.75, 3.05) is 23.5 Å². The number of hydrogen-bond acceptors (Lipinski definition) is 4. The van der Waals surface area contributed by atoms with Crippen molar-refractivity contribution in [1.82, 2.24) is 0 Å². The number of Topliss-reactive ketones (excluding diaryl/α,β-unsaturated/α-hetero) is 1. The number of rotatable bonds is 4. The molecule has 1 heterocycles. The zero-order chi connectivity index (χ0) is 15.1. The van der Waals surface area contributed by atoms with E-state index < -0.39 is 44.4 Å². The van der Waals surface area contributed by atoms with Crippen LogP contribution in [0.1, 0.15) is 16.8 Å². The van der Waals surface area contributed by atoms with Crippen LogP contribution in [0.4, 0.5) is 14.5 Å². The van der Waals surface area contributed by atoms with Crippen LogP contribution in [0.2, 0.25) is 0 Å². The molecule has 0 N–H and O–H groups in total. The van der Waals surface area contributed by atoms with E-state index in [2.05, 4.69) is 0 Å². The van der Waals surface area contributed by atoms with Crippen LogP contribution in [0.15, 0.2) is 12.1 Å². The van der Waals surface area contributed by atoms with E-state index in [1.807, 2.05) is 0 Å². The molecule has 0 aliphatic carbocycles. The van der Waals surface area contributed by atoms with E-state index in [1.165, 1.54) is 0 Å². The lowest BCUT2D eigenvalue weighted by Gasteiger charge is -2.16. The fourth-order valence-electron chi connectivity index (χ4n) is 2.05. The van der Waals surface area contributed by atoms with Gasteiger partial charge < -0.3 is 4.90 Å². The molecule has 1 aliphatic rings. The SMILES string of the molecule is CS(=O)(=O)CCCN1C(=O)C(=O)c2c(F)ccc(F)c21. The number of benzene rings is 1. The highest BCUT2D eigenvalue weighted by Crippen LogP contribution is 2.33. The van der Waals surface area contributed by atoms with Gasteiger partial charge in [0.05, 0.1) is 17.0 Å². The molecule has 5 nitrogen and oxygen atoms in total. The first-order valence-corrected chi connectivity index (χ1v) is 7.80. The summed E-state index contributed by atoms with van der Waals surface area (Å²) in [7, 11) is -3.23. The predicted octanol–water partition coefficient (Wildman–Crippen LogP) is 0.929. The lowest BCUT2D eigenvalue weighted by Crippen LogP contribution is -2.32. The third kappa shape index (κ3) is 2.55. The molecule has 0 saturated carbocycles. The number of sulfone groups is 1. The Labute approximate surface area is 114 Å². The number of amides is 1. The Hall–Kier alpha value is -1.83. The summed E-state index contributed by atoms with van der Waals surface area (Å²) in [5, 5.41) is 0. The van der Waals surface area contributed by atoms with E-state index in [-0.39, 0.29) is 18.7 Å². The molecular formula is C12H11F2NO4S. The van der Waals surface area contributed by atoms with Crippen molar-refractivity contribution in [2.24, 2.45) is 0 Å². The maximum absolute atomic E-state index is 13.7. The number of anilines is 1.